The molecular weight excluding hydrogens is 345 g/mol. The molecular formula is C16H14ClF3N2O2. The summed E-state index contributed by atoms with van der Waals surface area (Å²) in [6, 6.07) is 7.98. The molecule has 0 atom stereocenters. The fourth-order valence-electron chi connectivity index (χ4n) is 1.84. The summed E-state index contributed by atoms with van der Waals surface area (Å²) < 4.78 is 42.5. The van der Waals surface area contributed by atoms with Crippen LogP contribution in [-0.4, -0.2) is 24.1 Å². The van der Waals surface area contributed by atoms with E-state index in [1.807, 2.05) is 0 Å². The molecule has 1 aromatic carbocycles. The van der Waals surface area contributed by atoms with Gasteiger partial charge in [-0.2, -0.15) is 13.2 Å². The molecule has 1 amide bonds. The molecule has 0 aliphatic heterocycles. The van der Waals surface area contributed by atoms with Gasteiger partial charge in [0.25, 0.3) is 5.91 Å². The number of anilines is 1. The van der Waals surface area contributed by atoms with E-state index < -0.39 is 11.7 Å². The Bertz CT molecular complexity index is 673. The number of nitrogens with one attached hydrogen (secondary N) is 1. The minimum atomic E-state index is -4.34. The van der Waals surface area contributed by atoms with Crippen molar-refractivity contribution in [3.63, 3.8) is 0 Å². The maximum Gasteiger partial charge on any atom is 0.416 e. The molecule has 2 rings (SSSR count). The zero-order chi connectivity index (χ0) is 17.6. The molecule has 1 heterocycles. The monoisotopic (exact) mass is 358 g/mol. The highest BCUT2D eigenvalue weighted by Gasteiger charge is 2.29. The second-order valence-corrected chi connectivity index (χ2v) is 5.34. The van der Waals surface area contributed by atoms with Gasteiger partial charge < -0.3 is 10.1 Å². The fourth-order valence-corrected chi connectivity index (χ4v) is 1.96. The molecule has 0 saturated carbocycles. The average Bonchev–Trinajstić information content (AvgIpc) is 2.53. The number of alkyl halides is 3. The van der Waals surface area contributed by atoms with E-state index in [-0.39, 0.29) is 19.1 Å². The smallest absolute Gasteiger partial charge is 0.371 e. The molecule has 4 nitrogen and oxygen atoms in total. The second-order valence-electron chi connectivity index (χ2n) is 4.91. The van der Waals surface area contributed by atoms with Crippen LogP contribution in [0.5, 0.6) is 0 Å². The van der Waals surface area contributed by atoms with Gasteiger partial charge in [0, 0.05) is 6.20 Å². The summed E-state index contributed by atoms with van der Waals surface area (Å²) >= 11 is 5.68. The summed E-state index contributed by atoms with van der Waals surface area (Å²) in [5.74, 6) is -0.0204. The van der Waals surface area contributed by atoms with Crippen molar-refractivity contribution in [2.75, 3.05) is 18.5 Å². The predicted molar refractivity (Wildman–Crippen MR) is 83.8 cm³/mol. The molecule has 0 spiro atoms. The van der Waals surface area contributed by atoms with Crippen molar-refractivity contribution < 1.29 is 22.7 Å². The number of halogens is 4. The first-order valence-electron chi connectivity index (χ1n) is 7.00. The third kappa shape index (κ3) is 5.82. The van der Waals surface area contributed by atoms with Crippen molar-refractivity contribution in [1.29, 1.82) is 0 Å². The minimum Gasteiger partial charge on any atom is -0.371 e. The molecule has 0 bridgehead atoms. The molecule has 24 heavy (non-hydrogen) atoms. The van der Waals surface area contributed by atoms with Crippen LogP contribution in [0.25, 0.3) is 0 Å². The van der Waals surface area contributed by atoms with Gasteiger partial charge in [-0.25, -0.2) is 4.98 Å². The van der Waals surface area contributed by atoms with Crippen LogP contribution in [-0.2, 0) is 22.1 Å². The van der Waals surface area contributed by atoms with Gasteiger partial charge in [0.15, 0.2) is 0 Å². The van der Waals surface area contributed by atoms with Crippen LogP contribution in [0.2, 0.25) is 5.02 Å². The molecule has 0 aliphatic carbocycles. The van der Waals surface area contributed by atoms with Crippen LogP contribution in [0.4, 0.5) is 19.0 Å². The van der Waals surface area contributed by atoms with E-state index in [4.69, 9.17) is 16.3 Å². The molecule has 0 fully saturated rings. The third-order valence-corrected chi connectivity index (χ3v) is 3.27. The molecule has 2 aromatic rings. The number of benzene rings is 1. The summed E-state index contributed by atoms with van der Waals surface area (Å²) in [7, 11) is 0. The van der Waals surface area contributed by atoms with E-state index >= 15 is 0 Å². The summed E-state index contributed by atoms with van der Waals surface area (Å²) in [4.78, 5) is 15.5. The Morgan fingerprint density at radius 2 is 1.88 bits per heavy atom. The van der Waals surface area contributed by atoms with Crippen LogP contribution in [0, 0.1) is 0 Å². The van der Waals surface area contributed by atoms with E-state index in [1.165, 1.54) is 18.3 Å². The van der Waals surface area contributed by atoms with E-state index in [2.05, 4.69) is 10.3 Å². The first-order chi connectivity index (χ1) is 11.3. The van der Waals surface area contributed by atoms with E-state index in [1.54, 1.807) is 12.1 Å². The molecule has 1 N–H and O–H groups in total. The van der Waals surface area contributed by atoms with Crippen LogP contribution < -0.4 is 5.32 Å². The fraction of sp³-hybridized carbons (Fsp3) is 0.250. The first-order valence-corrected chi connectivity index (χ1v) is 7.38. The standard InChI is InChI=1S/C16H14ClF3N2O2/c17-13-5-6-14(21-9-13)22-15(23)10-24-8-7-11-1-3-12(4-2-11)16(18,19)20/h1-6,9H,7-8,10H2,(H,21,22,23). The highest BCUT2D eigenvalue weighted by Crippen LogP contribution is 2.29. The van der Waals surface area contributed by atoms with Crippen molar-refractivity contribution in [3.05, 3.63) is 58.7 Å². The zero-order valence-electron chi connectivity index (χ0n) is 12.4. The number of nitrogens with zero attached hydrogens (tertiary/aromatic N) is 1. The minimum absolute atomic E-state index is 0.176. The third-order valence-electron chi connectivity index (χ3n) is 3.04. The molecule has 0 saturated heterocycles. The Morgan fingerprint density at radius 3 is 2.46 bits per heavy atom. The molecule has 128 valence electrons. The van der Waals surface area contributed by atoms with Gasteiger partial charge in [-0.15, -0.1) is 0 Å². The molecule has 0 radical (unpaired) electrons. The van der Waals surface area contributed by atoms with Gasteiger partial charge in [-0.1, -0.05) is 23.7 Å². The highest BCUT2D eigenvalue weighted by molar-refractivity contribution is 6.30. The van der Waals surface area contributed by atoms with Gasteiger partial charge in [0.1, 0.15) is 12.4 Å². The number of hydrogen-bond acceptors (Lipinski definition) is 3. The van der Waals surface area contributed by atoms with E-state index in [9.17, 15) is 18.0 Å². The topological polar surface area (TPSA) is 51.2 Å². The Balaban J connectivity index is 1.70. The van der Waals surface area contributed by atoms with Crippen LogP contribution >= 0.6 is 11.6 Å². The number of amides is 1. The number of carbonyl (C=O) groups is 1. The predicted octanol–water partition coefficient (Wildman–Crippen LogP) is 3.95. The van der Waals surface area contributed by atoms with Crippen LogP contribution in [0.15, 0.2) is 42.6 Å². The lowest BCUT2D eigenvalue weighted by molar-refractivity contribution is -0.137. The molecule has 1 aromatic heterocycles. The first kappa shape index (κ1) is 18.2. The Morgan fingerprint density at radius 1 is 1.17 bits per heavy atom. The zero-order valence-corrected chi connectivity index (χ0v) is 13.2. The van der Waals surface area contributed by atoms with E-state index in [0.717, 1.165) is 12.1 Å². The van der Waals surface area contributed by atoms with Crippen molar-refractivity contribution in [3.8, 4) is 0 Å². The number of rotatable bonds is 6. The number of carbonyl (C=O) groups excluding carboxylic acids is 1. The Labute approximate surface area is 141 Å². The van der Waals surface area contributed by atoms with Crippen molar-refractivity contribution in [2.24, 2.45) is 0 Å². The van der Waals surface area contributed by atoms with Crippen molar-refractivity contribution in [2.45, 2.75) is 12.6 Å². The lowest BCUT2D eigenvalue weighted by atomic mass is 10.1. The van der Waals surface area contributed by atoms with Crippen molar-refractivity contribution >= 4 is 23.3 Å². The van der Waals surface area contributed by atoms with Gasteiger partial charge in [-0.3, -0.25) is 4.79 Å². The summed E-state index contributed by atoms with van der Waals surface area (Å²) in [5, 5.41) is 2.99. The highest BCUT2D eigenvalue weighted by atomic mass is 35.5. The quantitative estimate of drug-likeness (QED) is 0.795. The van der Waals surface area contributed by atoms with Crippen molar-refractivity contribution in [1.82, 2.24) is 4.98 Å². The Kier molecular flexibility index (Phi) is 6.16. The second kappa shape index (κ2) is 8.12. The molecule has 0 unspecified atom stereocenters. The maximum atomic E-state index is 12.4. The summed E-state index contributed by atoms with van der Waals surface area (Å²) in [5.41, 5.74) is 0.00443. The molecule has 0 aliphatic rings. The van der Waals surface area contributed by atoms with Crippen LogP contribution in [0.1, 0.15) is 11.1 Å². The normalized spacial score (nSPS) is 11.3. The SMILES string of the molecule is O=C(COCCc1ccc(C(F)(F)F)cc1)Nc1ccc(Cl)cn1. The van der Waals surface area contributed by atoms with Gasteiger partial charge >= 0.3 is 6.18 Å². The van der Waals surface area contributed by atoms with Gasteiger partial charge in [-0.05, 0) is 36.2 Å². The Hall–Kier alpha value is -2.12. The van der Waals surface area contributed by atoms with Crippen LogP contribution in [0.3, 0.4) is 0 Å². The lowest BCUT2D eigenvalue weighted by Gasteiger charge is -2.08. The largest absolute Gasteiger partial charge is 0.416 e. The number of pyridine rings is 1. The number of aromatic nitrogens is 1. The summed E-state index contributed by atoms with van der Waals surface area (Å²) in [6.07, 6.45) is -2.53. The van der Waals surface area contributed by atoms with Gasteiger partial charge in [0.2, 0.25) is 0 Å². The average molecular weight is 359 g/mol. The summed E-state index contributed by atoms with van der Waals surface area (Å²) in [6.45, 7) is 0.0395. The number of ether oxygens (including phenoxy) is 1. The van der Waals surface area contributed by atoms with E-state index in [0.29, 0.717) is 22.8 Å². The molecule has 8 heteroatoms. The lowest BCUT2D eigenvalue weighted by Crippen LogP contribution is -2.19. The number of hydrogen-bond donors (Lipinski definition) is 1. The van der Waals surface area contributed by atoms with Gasteiger partial charge in [0.05, 0.1) is 17.2 Å². The maximum absolute atomic E-state index is 12.4.